The van der Waals surface area contributed by atoms with Crippen LogP contribution in [0.3, 0.4) is 0 Å². The fourth-order valence-corrected chi connectivity index (χ4v) is 2.55. The van der Waals surface area contributed by atoms with Gasteiger partial charge in [0.05, 0.1) is 25.2 Å². The SMILES string of the molecule is COc1cc(C=NNC(=S)Nc2cccnc2)ccc1OCc1ccccc1. The highest BCUT2D eigenvalue weighted by Gasteiger charge is 2.05. The molecule has 0 saturated carbocycles. The fourth-order valence-electron chi connectivity index (χ4n) is 2.38. The van der Waals surface area contributed by atoms with Crippen LogP contribution in [0.4, 0.5) is 5.69 Å². The molecule has 0 amide bonds. The standard InChI is InChI=1S/C21H20N4O2S/c1-26-20-12-17(9-10-19(20)27-15-16-6-3-2-4-7-16)13-23-25-21(28)24-18-8-5-11-22-14-18/h2-14H,15H2,1H3,(H2,24,25,28). The lowest BCUT2D eigenvalue weighted by atomic mass is 10.2. The second kappa shape index (κ2) is 10.0. The molecule has 2 aromatic carbocycles. The van der Waals surface area contributed by atoms with Crippen LogP contribution in [0, 0.1) is 0 Å². The van der Waals surface area contributed by atoms with Crippen molar-refractivity contribution >= 4 is 29.2 Å². The summed E-state index contributed by atoms with van der Waals surface area (Å²) in [6.45, 7) is 0.473. The lowest BCUT2D eigenvalue weighted by molar-refractivity contribution is 0.284. The molecule has 142 valence electrons. The van der Waals surface area contributed by atoms with Gasteiger partial charge in [0.2, 0.25) is 0 Å². The normalized spacial score (nSPS) is 10.5. The molecule has 0 bridgehead atoms. The molecule has 2 N–H and O–H groups in total. The van der Waals surface area contributed by atoms with Gasteiger partial charge in [-0.25, -0.2) is 0 Å². The van der Waals surface area contributed by atoms with E-state index in [1.807, 2.05) is 60.7 Å². The van der Waals surface area contributed by atoms with Gasteiger partial charge in [-0.2, -0.15) is 5.10 Å². The number of aromatic nitrogens is 1. The monoisotopic (exact) mass is 392 g/mol. The number of rotatable bonds is 7. The molecule has 0 radical (unpaired) electrons. The van der Waals surface area contributed by atoms with E-state index < -0.39 is 0 Å². The Kier molecular flexibility index (Phi) is 6.92. The molecule has 0 fully saturated rings. The van der Waals surface area contributed by atoms with Crippen molar-refractivity contribution in [2.24, 2.45) is 5.10 Å². The van der Waals surface area contributed by atoms with Crippen LogP contribution in [0.25, 0.3) is 0 Å². The first kappa shape index (κ1) is 19.3. The Morgan fingerprint density at radius 2 is 1.96 bits per heavy atom. The predicted molar refractivity (Wildman–Crippen MR) is 115 cm³/mol. The number of nitrogens with zero attached hydrogens (tertiary/aromatic N) is 2. The molecule has 6 nitrogen and oxygen atoms in total. The summed E-state index contributed by atoms with van der Waals surface area (Å²) in [5.74, 6) is 1.31. The van der Waals surface area contributed by atoms with E-state index in [1.54, 1.807) is 25.7 Å². The summed E-state index contributed by atoms with van der Waals surface area (Å²) in [5, 5.41) is 7.51. The molecule has 0 aliphatic rings. The van der Waals surface area contributed by atoms with E-state index in [0.717, 1.165) is 16.8 Å². The van der Waals surface area contributed by atoms with Crippen LogP contribution in [0.15, 0.2) is 78.2 Å². The van der Waals surface area contributed by atoms with E-state index in [4.69, 9.17) is 21.7 Å². The first-order valence-electron chi connectivity index (χ1n) is 8.59. The minimum atomic E-state index is 0.374. The Hall–Kier alpha value is -3.45. The summed E-state index contributed by atoms with van der Waals surface area (Å²) >= 11 is 5.19. The third-order valence-electron chi connectivity index (χ3n) is 3.72. The van der Waals surface area contributed by atoms with Crippen LogP contribution in [0.1, 0.15) is 11.1 Å². The summed E-state index contributed by atoms with van der Waals surface area (Å²) < 4.78 is 11.3. The molecule has 0 unspecified atom stereocenters. The number of pyridine rings is 1. The van der Waals surface area contributed by atoms with Gasteiger partial charge in [-0.3, -0.25) is 10.4 Å². The first-order valence-corrected chi connectivity index (χ1v) is 9.00. The van der Waals surface area contributed by atoms with Gasteiger partial charge in [-0.05, 0) is 53.7 Å². The molecule has 0 saturated heterocycles. The zero-order chi connectivity index (χ0) is 19.6. The average Bonchev–Trinajstić information content (AvgIpc) is 2.74. The lowest BCUT2D eigenvalue weighted by Crippen LogP contribution is -2.23. The summed E-state index contributed by atoms with van der Waals surface area (Å²) in [6.07, 6.45) is 5.03. The van der Waals surface area contributed by atoms with Crippen molar-refractivity contribution in [2.45, 2.75) is 6.61 Å². The second-order valence-corrected chi connectivity index (χ2v) is 6.16. The number of anilines is 1. The number of thiocarbonyl (C=S) groups is 1. The average molecular weight is 392 g/mol. The second-order valence-electron chi connectivity index (χ2n) is 5.75. The van der Waals surface area contributed by atoms with E-state index in [0.29, 0.717) is 23.2 Å². The smallest absolute Gasteiger partial charge is 0.191 e. The molecule has 1 heterocycles. The molecule has 0 aliphatic carbocycles. The Morgan fingerprint density at radius 1 is 1.11 bits per heavy atom. The largest absolute Gasteiger partial charge is 0.493 e. The van der Waals surface area contributed by atoms with E-state index in [-0.39, 0.29) is 0 Å². The minimum absolute atomic E-state index is 0.374. The molecule has 0 atom stereocenters. The number of hydrogen-bond acceptors (Lipinski definition) is 5. The van der Waals surface area contributed by atoms with E-state index in [2.05, 4.69) is 20.8 Å². The molecule has 28 heavy (non-hydrogen) atoms. The number of nitrogens with one attached hydrogen (secondary N) is 2. The van der Waals surface area contributed by atoms with Crippen LogP contribution in [-0.2, 0) is 6.61 Å². The first-order chi connectivity index (χ1) is 13.7. The maximum absolute atomic E-state index is 5.86. The Bertz CT molecular complexity index is 934. The van der Waals surface area contributed by atoms with Crippen LogP contribution in [-0.4, -0.2) is 23.4 Å². The number of hydrogen-bond donors (Lipinski definition) is 2. The van der Waals surface area contributed by atoms with Crippen molar-refractivity contribution < 1.29 is 9.47 Å². The summed E-state index contributed by atoms with van der Waals surface area (Å²) in [6, 6.07) is 19.3. The van der Waals surface area contributed by atoms with Crippen molar-refractivity contribution in [1.82, 2.24) is 10.4 Å². The minimum Gasteiger partial charge on any atom is -0.493 e. The topological polar surface area (TPSA) is 67.8 Å². The van der Waals surface area contributed by atoms with Crippen molar-refractivity contribution in [3.8, 4) is 11.5 Å². The van der Waals surface area contributed by atoms with Gasteiger partial charge in [-0.1, -0.05) is 30.3 Å². The summed E-state index contributed by atoms with van der Waals surface area (Å²) in [5.41, 5.74) is 5.50. The van der Waals surface area contributed by atoms with E-state index in [9.17, 15) is 0 Å². The lowest BCUT2D eigenvalue weighted by Gasteiger charge is -2.11. The van der Waals surface area contributed by atoms with Gasteiger partial charge < -0.3 is 14.8 Å². The molecular formula is C21H20N4O2S. The fraction of sp³-hybridized carbons (Fsp3) is 0.0952. The molecule has 3 aromatic rings. The third-order valence-corrected chi connectivity index (χ3v) is 3.92. The Balaban J connectivity index is 1.56. The summed E-state index contributed by atoms with van der Waals surface area (Å²) in [4.78, 5) is 4.01. The highest BCUT2D eigenvalue weighted by atomic mass is 32.1. The van der Waals surface area contributed by atoms with E-state index >= 15 is 0 Å². The van der Waals surface area contributed by atoms with Gasteiger partial charge in [0.25, 0.3) is 0 Å². The van der Waals surface area contributed by atoms with Gasteiger partial charge >= 0.3 is 0 Å². The van der Waals surface area contributed by atoms with Crippen LogP contribution >= 0.6 is 12.2 Å². The number of benzene rings is 2. The molecule has 1 aromatic heterocycles. The zero-order valence-electron chi connectivity index (χ0n) is 15.3. The predicted octanol–water partition coefficient (Wildman–Crippen LogP) is 3.99. The van der Waals surface area contributed by atoms with Gasteiger partial charge in [0.15, 0.2) is 16.6 Å². The van der Waals surface area contributed by atoms with Crippen molar-refractivity contribution in [3.05, 3.63) is 84.2 Å². The highest BCUT2D eigenvalue weighted by Crippen LogP contribution is 2.28. The van der Waals surface area contributed by atoms with Crippen LogP contribution < -0.4 is 20.2 Å². The van der Waals surface area contributed by atoms with E-state index in [1.165, 1.54) is 0 Å². The molecule has 0 aliphatic heterocycles. The van der Waals surface area contributed by atoms with Gasteiger partial charge in [0.1, 0.15) is 6.61 Å². The molecule has 3 rings (SSSR count). The maximum Gasteiger partial charge on any atom is 0.191 e. The van der Waals surface area contributed by atoms with Gasteiger partial charge in [0, 0.05) is 6.20 Å². The van der Waals surface area contributed by atoms with Crippen LogP contribution in [0.5, 0.6) is 11.5 Å². The van der Waals surface area contributed by atoms with Crippen LogP contribution in [0.2, 0.25) is 0 Å². The zero-order valence-corrected chi connectivity index (χ0v) is 16.1. The number of ether oxygens (including phenoxy) is 2. The maximum atomic E-state index is 5.86. The highest BCUT2D eigenvalue weighted by molar-refractivity contribution is 7.80. The van der Waals surface area contributed by atoms with Crippen molar-refractivity contribution in [1.29, 1.82) is 0 Å². The molecule has 0 spiro atoms. The third kappa shape index (κ3) is 5.78. The van der Waals surface area contributed by atoms with Crippen molar-refractivity contribution in [3.63, 3.8) is 0 Å². The quantitative estimate of drug-likeness (QED) is 0.360. The molecular weight excluding hydrogens is 372 g/mol. The Labute approximate surface area is 169 Å². The molecule has 7 heteroatoms. The summed E-state index contributed by atoms with van der Waals surface area (Å²) in [7, 11) is 1.61. The Morgan fingerprint density at radius 3 is 2.71 bits per heavy atom. The van der Waals surface area contributed by atoms with Crippen molar-refractivity contribution in [2.75, 3.05) is 12.4 Å². The van der Waals surface area contributed by atoms with Gasteiger partial charge in [-0.15, -0.1) is 0 Å². The number of methoxy groups -OCH3 is 1. The number of hydrazone groups is 1.